The Balaban J connectivity index is 1.77. The van der Waals surface area contributed by atoms with Crippen molar-refractivity contribution < 1.29 is 5.11 Å². The first-order valence-corrected chi connectivity index (χ1v) is 8.78. The van der Waals surface area contributed by atoms with Gasteiger partial charge in [0, 0.05) is 19.6 Å². The molecule has 0 bridgehead atoms. The highest BCUT2D eigenvalue weighted by atomic mass is 16.3. The number of nitrogens with zero attached hydrogens (tertiary/aromatic N) is 1. The molecule has 3 aromatic carbocycles. The number of likely N-dealkylation sites (tertiary alicyclic amines) is 1. The van der Waals surface area contributed by atoms with E-state index in [0.29, 0.717) is 0 Å². The summed E-state index contributed by atoms with van der Waals surface area (Å²) in [4.78, 5) is 2.46. The molecule has 0 aromatic heterocycles. The van der Waals surface area contributed by atoms with Crippen LogP contribution in [0.5, 0.6) is 0 Å². The number of hydrogen-bond donors (Lipinski definition) is 1. The average Bonchev–Trinajstić information content (AvgIpc) is 2.64. The molecule has 0 atom stereocenters. The van der Waals surface area contributed by atoms with Crippen molar-refractivity contribution >= 4 is 10.8 Å². The van der Waals surface area contributed by atoms with Gasteiger partial charge in [0.25, 0.3) is 0 Å². The molecule has 2 heteroatoms. The second-order valence-corrected chi connectivity index (χ2v) is 6.69. The molecule has 0 amide bonds. The topological polar surface area (TPSA) is 23.5 Å². The number of aliphatic hydroxyl groups is 1. The third kappa shape index (κ3) is 3.08. The van der Waals surface area contributed by atoms with Gasteiger partial charge < -0.3 is 5.11 Å². The Labute approximate surface area is 143 Å². The molecular formula is C22H23NO. The predicted octanol–water partition coefficient (Wildman–Crippen LogP) is 4.46. The van der Waals surface area contributed by atoms with Gasteiger partial charge in [-0.25, -0.2) is 0 Å². The van der Waals surface area contributed by atoms with Crippen molar-refractivity contribution in [3.05, 3.63) is 72.3 Å². The minimum absolute atomic E-state index is 0.119. The van der Waals surface area contributed by atoms with Gasteiger partial charge in [0.2, 0.25) is 0 Å². The maximum absolute atomic E-state index is 9.74. The zero-order valence-corrected chi connectivity index (χ0v) is 13.9. The summed E-state index contributed by atoms with van der Waals surface area (Å²) in [6.45, 7) is 2.90. The van der Waals surface area contributed by atoms with E-state index in [4.69, 9.17) is 0 Å². The number of fused-ring (bicyclic) bond motifs is 1. The van der Waals surface area contributed by atoms with Crippen LogP contribution in [0.1, 0.15) is 18.4 Å². The Hall–Kier alpha value is -2.16. The van der Waals surface area contributed by atoms with Crippen LogP contribution in [0.2, 0.25) is 0 Å². The molecule has 1 saturated heterocycles. The van der Waals surface area contributed by atoms with Crippen LogP contribution >= 0.6 is 0 Å². The fourth-order valence-electron chi connectivity index (χ4n) is 3.71. The summed E-state index contributed by atoms with van der Waals surface area (Å²) < 4.78 is 0. The summed E-state index contributed by atoms with van der Waals surface area (Å²) in [7, 11) is 0. The first-order chi connectivity index (χ1) is 11.8. The van der Waals surface area contributed by atoms with Gasteiger partial charge in [0.05, 0.1) is 6.10 Å². The smallest absolute Gasteiger partial charge is 0.0564 e. The zero-order valence-electron chi connectivity index (χ0n) is 13.9. The van der Waals surface area contributed by atoms with Crippen molar-refractivity contribution in [1.29, 1.82) is 0 Å². The van der Waals surface area contributed by atoms with Crippen LogP contribution in [0.4, 0.5) is 0 Å². The number of hydrogen-bond acceptors (Lipinski definition) is 2. The fraction of sp³-hybridized carbons (Fsp3) is 0.273. The quantitative estimate of drug-likeness (QED) is 0.771. The molecule has 0 radical (unpaired) electrons. The molecule has 1 heterocycles. The lowest BCUT2D eigenvalue weighted by atomic mass is 9.92. The molecule has 122 valence electrons. The van der Waals surface area contributed by atoms with Gasteiger partial charge >= 0.3 is 0 Å². The van der Waals surface area contributed by atoms with E-state index < -0.39 is 0 Å². The highest BCUT2D eigenvalue weighted by Crippen LogP contribution is 2.33. The minimum Gasteiger partial charge on any atom is -0.393 e. The molecule has 0 unspecified atom stereocenters. The molecule has 3 aromatic rings. The average molecular weight is 317 g/mol. The lowest BCUT2D eigenvalue weighted by molar-refractivity contribution is 0.0793. The third-order valence-electron chi connectivity index (χ3n) is 5.03. The molecule has 1 aliphatic rings. The molecule has 1 aliphatic heterocycles. The monoisotopic (exact) mass is 317 g/mol. The van der Waals surface area contributed by atoms with Gasteiger partial charge in [-0.1, -0.05) is 66.7 Å². The summed E-state index contributed by atoms with van der Waals surface area (Å²) in [6, 6.07) is 23.8. The van der Waals surface area contributed by atoms with Gasteiger partial charge in [-0.05, 0) is 40.3 Å². The van der Waals surface area contributed by atoms with Crippen molar-refractivity contribution in [2.45, 2.75) is 25.5 Å². The number of aliphatic hydroxyl groups excluding tert-OH is 1. The van der Waals surface area contributed by atoms with Gasteiger partial charge in [0.1, 0.15) is 0 Å². The van der Waals surface area contributed by atoms with Gasteiger partial charge in [-0.15, -0.1) is 0 Å². The SMILES string of the molecule is OC1CCN(Cc2ccc3ccccc3c2-c2ccccc2)CC1. The normalized spacial score (nSPS) is 16.5. The molecule has 1 N–H and O–H groups in total. The lowest BCUT2D eigenvalue weighted by Crippen LogP contribution is -2.35. The Kier molecular flexibility index (Phi) is 4.33. The van der Waals surface area contributed by atoms with Crippen LogP contribution in [0, 0.1) is 0 Å². The number of piperidine rings is 1. The van der Waals surface area contributed by atoms with Crippen LogP contribution in [0.3, 0.4) is 0 Å². The highest BCUT2D eigenvalue weighted by Gasteiger charge is 2.19. The molecule has 0 aliphatic carbocycles. The molecule has 0 saturated carbocycles. The molecule has 24 heavy (non-hydrogen) atoms. The van der Waals surface area contributed by atoms with Gasteiger partial charge in [0.15, 0.2) is 0 Å². The first-order valence-electron chi connectivity index (χ1n) is 8.78. The van der Waals surface area contributed by atoms with Crippen LogP contribution in [-0.4, -0.2) is 29.2 Å². The predicted molar refractivity (Wildman–Crippen MR) is 99.9 cm³/mol. The third-order valence-corrected chi connectivity index (χ3v) is 5.03. The van der Waals surface area contributed by atoms with Crippen LogP contribution in [0.15, 0.2) is 66.7 Å². The van der Waals surface area contributed by atoms with Gasteiger partial charge in [-0.3, -0.25) is 4.90 Å². The molecule has 4 rings (SSSR count). The van der Waals surface area contributed by atoms with E-state index in [1.807, 2.05) is 0 Å². The first kappa shape index (κ1) is 15.4. The molecule has 0 spiro atoms. The van der Waals surface area contributed by atoms with Crippen molar-refractivity contribution in [3.8, 4) is 11.1 Å². The largest absolute Gasteiger partial charge is 0.393 e. The summed E-state index contributed by atoms with van der Waals surface area (Å²) in [5.74, 6) is 0. The molecule has 2 nitrogen and oxygen atoms in total. The highest BCUT2D eigenvalue weighted by molar-refractivity contribution is 5.98. The maximum Gasteiger partial charge on any atom is 0.0564 e. The van der Waals surface area contributed by atoms with E-state index in [1.54, 1.807) is 0 Å². The van der Waals surface area contributed by atoms with Crippen LogP contribution < -0.4 is 0 Å². The second kappa shape index (κ2) is 6.76. The van der Waals surface area contributed by atoms with Crippen molar-refractivity contribution in [2.75, 3.05) is 13.1 Å². The zero-order chi connectivity index (χ0) is 16.4. The fourth-order valence-corrected chi connectivity index (χ4v) is 3.71. The summed E-state index contributed by atoms with van der Waals surface area (Å²) in [5, 5.41) is 12.3. The molecular weight excluding hydrogens is 294 g/mol. The minimum atomic E-state index is -0.119. The van der Waals surface area contributed by atoms with E-state index in [9.17, 15) is 5.11 Å². The number of benzene rings is 3. The summed E-state index contributed by atoms with van der Waals surface area (Å²) in [6.07, 6.45) is 1.65. The van der Waals surface area contributed by atoms with E-state index in [1.165, 1.54) is 27.5 Å². The molecule has 1 fully saturated rings. The van der Waals surface area contributed by atoms with Crippen LogP contribution in [-0.2, 0) is 6.54 Å². The van der Waals surface area contributed by atoms with Crippen LogP contribution in [0.25, 0.3) is 21.9 Å². The maximum atomic E-state index is 9.74. The van der Waals surface area contributed by atoms with Crippen molar-refractivity contribution in [2.24, 2.45) is 0 Å². The van der Waals surface area contributed by atoms with E-state index in [-0.39, 0.29) is 6.10 Å². The lowest BCUT2D eigenvalue weighted by Gasteiger charge is -2.30. The van der Waals surface area contributed by atoms with Gasteiger partial charge in [-0.2, -0.15) is 0 Å². The standard InChI is InChI=1S/C22H23NO/c24-20-12-14-23(15-13-20)16-19-11-10-17-6-4-5-9-21(17)22(19)18-7-2-1-3-8-18/h1-11,20,24H,12-16H2. The van der Waals surface area contributed by atoms with Crippen molar-refractivity contribution in [1.82, 2.24) is 4.90 Å². The Morgan fingerprint density at radius 2 is 1.54 bits per heavy atom. The Morgan fingerprint density at radius 1 is 0.833 bits per heavy atom. The second-order valence-electron chi connectivity index (χ2n) is 6.69. The summed E-state index contributed by atoms with van der Waals surface area (Å²) >= 11 is 0. The number of rotatable bonds is 3. The van der Waals surface area contributed by atoms with E-state index in [2.05, 4.69) is 71.6 Å². The Morgan fingerprint density at radius 3 is 2.33 bits per heavy atom. The Bertz CT molecular complexity index is 820. The van der Waals surface area contributed by atoms with E-state index in [0.717, 1.165) is 32.5 Å². The van der Waals surface area contributed by atoms with Crippen molar-refractivity contribution in [3.63, 3.8) is 0 Å². The summed E-state index contributed by atoms with van der Waals surface area (Å²) in [5.41, 5.74) is 4.00. The van der Waals surface area contributed by atoms with E-state index >= 15 is 0 Å².